The maximum Gasteiger partial charge on any atom is 0.323 e. The van der Waals surface area contributed by atoms with Crippen LogP contribution in [0.5, 0.6) is 5.75 Å². The third kappa shape index (κ3) is 4.57. The van der Waals surface area contributed by atoms with Gasteiger partial charge in [0.2, 0.25) is 0 Å². The monoisotopic (exact) mass is 470 g/mol. The number of phenolic OH excluding ortho intramolecular Hbond substituents is 1. The van der Waals surface area contributed by atoms with Gasteiger partial charge in [0.1, 0.15) is 5.75 Å². The van der Waals surface area contributed by atoms with Gasteiger partial charge in [-0.3, -0.25) is 0 Å². The van der Waals surface area contributed by atoms with Gasteiger partial charge in [-0.25, -0.2) is 4.79 Å². The molecule has 2 amide bonds. The zero-order valence-corrected chi connectivity index (χ0v) is 18.6. The number of aromatic hydroxyl groups is 1. The van der Waals surface area contributed by atoms with Gasteiger partial charge < -0.3 is 15.7 Å². The Labute approximate surface area is 194 Å². The SMILES string of the molecule is Cc1ccc(-c2cccc(NC(=O)Nc3c(Cl)cc(Cl)c4ccc(O)cc34)c2)cc1Cl. The molecule has 4 rings (SSSR count). The lowest BCUT2D eigenvalue weighted by atomic mass is 10.0. The molecule has 0 radical (unpaired) electrons. The van der Waals surface area contributed by atoms with E-state index in [2.05, 4.69) is 10.6 Å². The molecule has 4 aromatic rings. The highest BCUT2D eigenvalue weighted by Gasteiger charge is 2.14. The van der Waals surface area contributed by atoms with E-state index in [1.54, 1.807) is 18.2 Å². The van der Waals surface area contributed by atoms with E-state index in [9.17, 15) is 9.90 Å². The second kappa shape index (κ2) is 8.67. The van der Waals surface area contributed by atoms with Crippen LogP contribution in [0.1, 0.15) is 5.56 Å². The van der Waals surface area contributed by atoms with Crippen molar-refractivity contribution in [3.8, 4) is 16.9 Å². The molecule has 31 heavy (non-hydrogen) atoms. The van der Waals surface area contributed by atoms with Crippen LogP contribution in [-0.4, -0.2) is 11.1 Å². The zero-order valence-electron chi connectivity index (χ0n) is 16.3. The molecule has 0 bridgehead atoms. The van der Waals surface area contributed by atoms with Crippen LogP contribution in [0.25, 0.3) is 21.9 Å². The van der Waals surface area contributed by atoms with Crippen LogP contribution in [0.3, 0.4) is 0 Å². The number of carbonyl (C=O) groups is 1. The van der Waals surface area contributed by atoms with E-state index in [4.69, 9.17) is 34.8 Å². The summed E-state index contributed by atoms with van der Waals surface area (Å²) in [6.45, 7) is 1.94. The lowest BCUT2D eigenvalue weighted by Gasteiger charge is -2.14. The van der Waals surface area contributed by atoms with Gasteiger partial charge in [0, 0.05) is 21.5 Å². The molecule has 0 spiro atoms. The fraction of sp³-hybridized carbons (Fsp3) is 0.0417. The lowest BCUT2D eigenvalue weighted by Crippen LogP contribution is -2.19. The fourth-order valence-corrected chi connectivity index (χ4v) is 4.06. The molecule has 0 atom stereocenters. The maximum absolute atomic E-state index is 12.7. The molecule has 0 unspecified atom stereocenters. The Bertz CT molecular complexity index is 1320. The number of fused-ring (bicyclic) bond motifs is 1. The smallest absolute Gasteiger partial charge is 0.323 e. The molecule has 0 aliphatic carbocycles. The van der Waals surface area contributed by atoms with Crippen LogP contribution in [0.2, 0.25) is 15.1 Å². The Morgan fingerprint density at radius 3 is 2.32 bits per heavy atom. The number of anilines is 2. The summed E-state index contributed by atoms with van der Waals surface area (Å²) in [6.07, 6.45) is 0. The Kier molecular flexibility index (Phi) is 5.96. The topological polar surface area (TPSA) is 61.4 Å². The predicted octanol–water partition coefficient (Wildman–Crippen LogP) is 8.13. The number of urea groups is 1. The third-order valence-corrected chi connectivity index (χ3v) is 5.90. The minimum Gasteiger partial charge on any atom is -0.508 e. The number of hydrogen-bond acceptors (Lipinski definition) is 2. The maximum atomic E-state index is 12.7. The molecule has 0 aliphatic heterocycles. The molecule has 3 N–H and O–H groups in total. The van der Waals surface area contributed by atoms with E-state index in [0.29, 0.717) is 32.2 Å². The Morgan fingerprint density at radius 1 is 0.774 bits per heavy atom. The van der Waals surface area contributed by atoms with Gasteiger partial charge in [-0.15, -0.1) is 0 Å². The molecule has 0 saturated heterocycles. The Hall–Kier alpha value is -2.92. The van der Waals surface area contributed by atoms with Gasteiger partial charge in [-0.1, -0.05) is 59.1 Å². The molecule has 4 aromatic carbocycles. The highest BCUT2D eigenvalue weighted by Crippen LogP contribution is 2.38. The summed E-state index contributed by atoms with van der Waals surface area (Å²) in [5, 5.41) is 18.0. The first kappa shape index (κ1) is 21.3. The molecule has 156 valence electrons. The van der Waals surface area contributed by atoms with Crippen LogP contribution in [0, 0.1) is 6.92 Å². The van der Waals surface area contributed by atoms with E-state index >= 15 is 0 Å². The Balaban J connectivity index is 1.60. The summed E-state index contributed by atoms with van der Waals surface area (Å²) < 4.78 is 0. The van der Waals surface area contributed by atoms with Crippen molar-refractivity contribution in [2.45, 2.75) is 6.92 Å². The molecule has 7 heteroatoms. The van der Waals surface area contributed by atoms with Crippen molar-refractivity contribution < 1.29 is 9.90 Å². The average molecular weight is 472 g/mol. The van der Waals surface area contributed by atoms with Crippen molar-refractivity contribution in [2.24, 2.45) is 0 Å². The molecular formula is C24H17Cl3N2O2. The number of hydrogen-bond donors (Lipinski definition) is 3. The van der Waals surface area contributed by atoms with Crippen molar-refractivity contribution in [3.05, 3.63) is 87.4 Å². The van der Waals surface area contributed by atoms with Crippen molar-refractivity contribution in [2.75, 3.05) is 10.6 Å². The molecule has 0 fully saturated rings. The van der Waals surface area contributed by atoms with Gasteiger partial charge in [0.05, 0.1) is 15.7 Å². The van der Waals surface area contributed by atoms with Gasteiger partial charge in [-0.05, 0) is 66.1 Å². The van der Waals surface area contributed by atoms with Crippen LogP contribution in [0.4, 0.5) is 16.2 Å². The first-order valence-electron chi connectivity index (χ1n) is 9.37. The lowest BCUT2D eigenvalue weighted by molar-refractivity contribution is 0.262. The second-order valence-electron chi connectivity index (χ2n) is 7.07. The number of halogens is 3. The molecule has 0 aliphatic rings. The standard InChI is InChI=1S/C24H17Cl3N2O2/c1-13-5-6-15(10-20(13)25)14-3-2-4-16(9-14)28-24(31)29-23-19-11-17(30)7-8-18(19)21(26)12-22(23)27/h2-12,30H,1H3,(H2,28,29,31). The molecule has 0 saturated carbocycles. The second-order valence-corrected chi connectivity index (χ2v) is 8.29. The number of carbonyl (C=O) groups excluding carboxylic acids is 1. The van der Waals surface area contributed by atoms with E-state index in [1.165, 1.54) is 12.1 Å². The molecule has 0 aromatic heterocycles. The number of phenols is 1. The van der Waals surface area contributed by atoms with Gasteiger partial charge in [0.15, 0.2) is 0 Å². The summed E-state index contributed by atoms with van der Waals surface area (Å²) in [7, 11) is 0. The number of benzene rings is 4. The van der Waals surface area contributed by atoms with Gasteiger partial charge >= 0.3 is 6.03 Å². The van der Waals surface area contributed by atoms with Gasteiger partial charge in [-0.2, -0.15) is 0 Å². The predicted molar refractivity (Wildman–Crippen MR) is 130 cm³/mol. The normalized spacial score (nSPS) is 10.8. The molecule has 0 heterocycles. The highest BCUT2D eigenvalue weighted by atomic mass is 35.5. The van der Waals surface area contributed by atoms with Crippen LogP contribution in [0.15, 0.2) is 66.7 Å². The minimum absolute atomic E-state index is 0.0405. The van der Waals surface area contributed by atoms with Crippen LogP contribution < -0.4 is 10.6 Å². The van der Waals surface area contributed by atoms with Gasteiger partial charge in [0.25, 0.3) is 0 Å². The fourth-order valence-electron chi connectivity index (χ4n) is 3.29. The number of amides is 2. The van der Waals surface area contributed by atoms with Crippen molar-refractivity contribution in [1.29, 1.82) is 0 Å². The van der Waals surface area contributed by atoms with Crippen molar-refractivity contribution >= 4 is 63.0 Å². The quantitative estimate of drug-likeness (QED) is 0.282. The summed E-state index contributed by atoms with van der Waals surface area (Å²) >= 11 is 18.8. The highest BCUT2D eigenvalue weighted by molar-refractivity contribution is 6.41. The average Bonchev–Trinajstić information content (AvgIpc) is 2.73. The molecular weight excluding hydrogens is 455 g/mol. The number of nitrogens with one attached hydrogen (secondary N) is 2. The summed E-state index contributed by atoms with van der Waals surface area (Å²) in [4.78, 5) is 12.7. The largest absolute Gasteiger partial charge is 0.508 e. The Morgan fingerprint density at radius 2 is 1.55 bits per heavy atom. The first-order valence-corrected chi connectivity index (χ1v) is 10.5. The van der Waals surface area contributed by atoms with E-state index in [-0.39, 0.29) is 10.8 Å². The summed E-state index contributed by atoms with van der Waals surface area (Å²) in [5.74, 6) is 0.0405. The van der Waals surface area contributed by atoms with Crippen molar-refractivity contribution in [1.82, 2.24) is 0 Å². The first-order chi connectivity index (χ1) is 14.8. The van der Waals surface area contributed by atoms with Crippen LogP contribution in [-0.2, 0) is 0 Å². The van der Waals surface area contributed by atoms with Crippen LogP contribution >= 0.6 is 34.8 Å². The minimum atomic E-state index is -0.479. The van der Waals surface area contributed by atoms with E-state index in [1.807, 2.05) is 43.3 Å². The number of aryl methyl sites for hydroxylation is 1. The number of rotatable bonds is 3. The summed E-state index contributed by atoms with van der Waals surface area (Å²) in [6, 6.07) is 19.0. The van der Waals surface area contributed by atoms with E-state index in [0.717, 1.165) is 16.7 Å². The van der Waals surface area contributed by atoms with E-state index < -0.39 is 6.03 Å². The zero-order chi connectivity index (χ0) is 22.1. The summed E-state index contributed by atoms with van der Waals surface area (Å²) in [5.41, 5.74) is 3.82. The molecule has 4 nitrogen and oxygen atoms in total. The third-order valence-electron chi connectivity index (χ3n) is 4.89. The van der Waals surface area contributed by atoms with Crippen molar-refractivity contribution in [3.63, 3.8) is 0 Å².